The number of carbonyl (C=O) groups is 3. The minimum absolute atomic E-state index is 0.135. The molecule has 0 fully saturated rings. The quantitative estimate of drug-likeness (QED) is 0.408. The Morgan fingerprint density at radius 1 is 0.968 bits per heavy atom. The van der Waals surface area contributed by atoms with E-state index in [4.69, 9.17) is 16.7 Å². The van der Waals surface area contributed by atoms with Crippen molar-refractivity contribution in [3.8, 4) is 0 Å². The van der Waals surface area contributed by atoms with Crippen LogP contribution in [0.4, 0.5) is 5.69 Å². The Balaban J connectivity index is 1.67. The first-order valence-electron chi connectivity index (χ1n) is 9.52. The lowest BCUT2D eigenvalue weighted by Crippen LogP contribution is -2.32. The van der Waals surface area contributed by atoms with Gasteiger partial charge in [0.1, 0.15) is 6.54 Å². The van der Waals surface area contributed by atoms with Gasteiger partial charge in [-0.1, -0.05) is 66.2 Å². The van der Waals surface area contributed by atoms with Crippen LogP contribution in [0.5, 0.6) is 0 Å². The number of amides is 2. The molecule has 3 rings (SSSR count). The van der Waals surface area contributed by atoms with Crippen LogP contribution in [0.3, 0.4) is 0 Å². The number of hydrazone groups is 1. The largest absolute Gasteiger partial charge is 0.480 e. The summed E-state index contributed by atoms with van der Waals surface area (Å²) in [6, 6.07) is 20.0. The van der Waals surface area contributed by atoms with Gasteiger partial charge in [0.25, 0.3) is 0 Å². The van der Waals surface area contributed by atoms with Crippen molar-refractivity contribution < 1.29 is 19.5 Å². The highest BCUT2D eigenvalue weighted by Gasteiger charge is 2.17. The van der Waals surface area contributed by atoms with Crippen molar-refractivity contribution in [1.82, 2.24) is 5.01 Å². The lowest BCUT2D eigenvalue weighted by molar-refractivity contribution is -0.144. The third kappa shape index (κ3) is 6.13. The summed E-state index contributed by atoms with van der Waals surface area (Å²) in [6.45, 7) is -0.605. The Kier molecular flexibility index (Phi) is 7.35. The van der Waals surface area contributed by atoms with Crippen LogP contribution in [0.1, 0.15) is 18.4 Å². The highest BCUT2D eigenvalue weighted by Crippen LogP contribution is 2.21. The maximum atomic E-state index is 12.5. The van der Waals surface area contributed by atoms with Gasteiger partial charge in [0.15, 0.2) is 0 Å². The van der Waals surface area contributed by atoms with E-state index in [1.54, 1.807) is 24.3 Å². The van der Waals surface area contributed by atoms with Gasteiger partial charge in [-0.25, -0.2) is 5.01 Å². The number of carbonyl (C=O) groups excluding carboxylic acids is 2. The van der Waals surface area contributed by atoms with Gasteiger partial charge in [-0.3, -0.25) is 14.4 Å². The van der Waals surface area contributed by atoms with E-state index >= 15 is 0 Å². The van der Waals surface area contributed by atoms with E-state index in [9.17, 15) is 14.4 Å². The molecule has 0 radical (unpaired) electrons. The van der Waals surface area contributed by atoms with Crippen LogP contribution in [0.2, 0.25) is 5.02 Å². The fourth-order valence-corrected chi connectivity index (χ4v) is 3.12. The molecule has 0 aliphatic heterocycles. The Labute approximate surface area is 183 Å². The minimum atomic E-state index is -1.20. The molecule has 2 amide bonds. The zero-order valence-corrected chi connectivity index (χ0v) is 17.2. The topological polar surface area (TPSA) is 99.1 Å². The van der Waals surface area contributed by atoms with Crippen molar-refractivity contribution in [1.29, 1.82) is 0 Å². The molecule has 0 atom stereocenters. The summed E-state index contributed by atoms with van der Waals surface area (Å²) in [5.74, 6) is -2.19. The van der Waals surface area contributed by atoms with Gasteiger partial charge in [0.2, 0.25) is 11.8 Å². The summed E-state index contributed by atoms with van der Waals surface area (Å²) < 4.78 is 0. The van der Waals surface area contributed by atoms with Crippen molar-refractivity contribution in [2.75, 3.05) is 11.9 Å². The molecule has 3 aromatic carbocycles. The molecule has 0 aliphatic carbocycles. The second-order valence-corrected chi connectivity index (χ2v) is 7.09. The van der Waals surface area contributed by atoms with Crippen molar-refractivity contribution >= 4 is 52.1 Å². The zero-order chi connectivity index (χ0) is 22.2. The lowest BCUT2D eigenvalue weighted by Gasteiger charge is -2.15. The molecule has 0 saturated heterocycles. The number of para-hydroxylation sites is 1. The molecule has 0 aromatic heterocycles. The van der Waals surface area contributed by atoms with Crippen molar-refractivity contribution in [3.63, 3.8) is 0 Å². The molecule has 0 bridgehead atoms. The van der Waals surface area contributed by atoms with Crippen LogP contribution >= 0.6 is 11.6 Å². The number of hydrogen-bond donors (Lipinski definition) is 2. The number of carboxylic acid groups (broad SMARTS) is 1. The highest BCUT2D eigenvalue weighted by atomic mass is 35.5. The summed E-state index contributed by atoms with van der Waals surface area (Å²) in [7, 11) is 0. The van der Waals surface area contributed by atoms with Crippen LogP contribution in [-0.2, 0) is 14.4 Å². The maximum absolute atomic E-state index is 12.5. The minimum Gasteiger partial charge on any atom is -0.480 e. The van der Waals surface area contributed by atoms with E-state index in [0.29, 0.717) is 10.7 Å². The van der Waals surface area contributed by atoms with Gasteiger partial charge in [-0.15, -0.1) is 0 Å². The number of aliphatic carboxylic acids is 1. The molecule has 0 saturated carbocycles. The predicted molar refractivity (Wildman–Crippen MR) is 120 cm³/mol. The normalized spacial score (nSPS) is 10.9. The molecule has 31 heavy (non-hydrogen) atoms. The monoisotopic (exact) mass is 437 g/mol. The first-order valence-corrected chi connectivity index (χ1v) is 9.90. The first-order chi connectivity index (χ1) is 14.9. The smallest absolute Gasteiger partial charge is 0.325 e. The Morgan fingerprint density at radius 2 is 1.68 bits per heavy atom. The summed E-state index contributed by atoms with van der Waals surface area (Å²) in [4.78, 5) is 35.9. The molecule has 0 spiro atoms. The first kappa shape index (κ1) is 22.0. The van der Waals surface area contributed by atoms with E-state index in [-0.39, 0.29) is 12.8 Å². The van der Waals surface area contributed by atoms with Crippen LogP contribution in [0, 0.1) is 0 Å². The zero-order valence-electron chi connectivity index (χ0n) is 16.5. The van der Waals surface area contributed by atoms with E-state index in [1.165, 1.54) is 6.21 Å². The van der Waals surface area contributed by atoms with Gasteiger partial charge >= 0.3 is 5.97 Å². The fourth-order valence-electron chi connectivity index (χ4n) is 2.94. The van der Waals surface area contributed by atoms with Gasteiger partial charge in [0.05, 0.1) is 16.9 Å². The highest BCUT2D eigenvalue weighted by molar-refractivity contribution is 6.33. The van der Waals surface area contributed by atoms with Gasteiger partial charge < -0.3 is 10.4 Å². The molecular formula is C23H20ClN3O4. The van der Waals surface area contributed by atoms with Crippen LogP contribution in [-0.4, -0.2) is 40.7 Å². The van der Waals surface area contributed by atoms with E-state index in [1.807, 2.05) is 42.5 Å². The Morgan fingerprint density at radius 3 is 2.45 bits per heavy atom. The third-order valence-corrected chi connectivity index (χ3v) is 4.78. The molecule has 2 N–H and O–H groups in total. The third-order valence-electron chi connectivity index (χ3n) is 4.45. The molecular weight excluding hydrogens is 418 g/mol. The van der Waals surface area contributed by atoms with E-state index < -0.39 is 24.3 Å². The van der Waals surface area contributed by atoms with Gasteiger partial charge in [0, 0.05) is 18.4 Å². The van der Waals surface area contributed by atoms with Gasteiger partial charge in [-0.2, -0.15) is 5.10 Å². The fraction of sp³-hybridized carbons (Fsp3) is 0.130. The number of fused-ring (bicyclic) bond motifs is 1. The van der Waals surface area contributed by atoms with Gasteiger partial charge in [-0.05, 0) is 22.9 Å². The molecule has 0 unspecified atom stereocenters. The van der Waals surface area contributed by atoms with Crippen LogP contribution < -0.4 is 5.32 Å². The van der Waals surface area contributed by atoms with E-state index in [0.717, 1.165) is 21.3 Å². The number of hydrogen-bond acceptors (Lipinski definition) is 4. The second-order valence-electron chi connectivity index (χ2n) is 6.69. The molecule has 3 aromatic rings. The van der Waals surface area contributed by atoms with Crippen molar-refractivity contribution in [2.24, 2.45) is 5.10 Å². The molecule has 0 aliphatic rings. The number of halogens is 1. The molecule has 0 heterocycles. The summed E-state index contributed by atoms with van der Waals surface area (Å²) in [5, 5.41) is 19.0. The van der Waals surface area contributed by atoms with Crippen molar-refractivity contribution in [2.45, 2.75) is 12.8 Å². The number of carboxylic acids is 1. The molecule has 8 heteroatoms. The van der Waals surface area contributed by atoms with Crippen LogP contribution in [0.25, 0.3) is 10.8 Å². The van der Waals surface area contributed by atoms with Crippen molar-refractivity contribution in [3.05, 3.63) is 77.3 Å². The average molecular weight is 438 g/mol. The number of benzene rings is 3. The summed E-state index contributed by atoms with van der Waals surface area (Å²) >= 11 is 6.01. The number of nitrogens with zero attached hydrogens (tertiary/aromatic N) is 2. The van der Waals surface area contributed by atoms with E-state index in [2.05, 4.69) is 10.4 Å². The second kappa shape index (κ2) is 10.4. The molecule has 158 valence electrons. The SMILES string of the molecule is O=C(O)CN(/N=C/c1cccc2ccccc12)C(=O)CCC(=O)Nc1ccccc1Cl. The van der Waals surface area contributed by atoms with Crippen LogP contribution in [0.15, 0.2) is 71.8 Å². The summed E-state index contributed by atoms with van der Waals surface area (Å²) in [5.41, 5.74) is 1.19. The standard InChI is InChI=1S/C23H20ClN3O4/c24-19-10-3-4-11-20(19)26-21(28)12-13-22(29)27(15-23(30)31)25-14-17-8-5-7-16-6-1-2-9-18(16)17/h1-11,14H,12-13,15H2,(H,26,28)(H,30,31)/b25-14+. The summed E-state index contributed by atoms with van der Waals surface area (Å²) in [6.07, 6.45) is 1.12. The lowest BCUT2D eigenvalue weighted by atomic mass is 10.1. The average Bonchev–Trinajstić information content (AvgIpc) is 2.76. The molecule has 7 nitrogen and oxygen atoms in total. The predicted octanol–water partition coefficient (Wildman–Crippen LogP) is 4.16. The number of anilines is 1. The number of rotatable bonds is 8. The number of nitrogens with one attached hydrogen (secondary N) is 1. The maximum Gasteiger partial charge on any atom is 0.325 e. The Bertz CT molecular complexity index is 1140. The Hall–Kier alpha value is -3.71.